The number of nitrogens with two attached hydrogens (primary N) is 1. The van der Waals surface area contributed by atoms with Crippen molar-refractivity contribution in [1.82, 2.24) is 4.98 Å². The first-order valence-electron chi connectivity index (χ1n) is 6.49. The lowest BCUT2D eigenvalue weighted by molar-refractivity contribution is -0.118. The monoisotopic (exact) mass is 246 g/mol. The first kappa shape index (κ1) is 11.5. The van der Waals surface area contributed by atoms with E-state index in [0.717, 1.165) is 37.4 Å². The Labute approximate surface area is 106 Å². The second-order valence-electron chi connectivity index (χ2n) is 5.18. The van der Waals surface area contributed by atoms with Crippen molar-refractivity contribution < 1.29 is 4.79 Å². The van der Waals surface area contributed by atoms with Crippen LogP contribution >= 0.6 is 0 Å². The molecule has 96 valence electrons. The summed E-state index contributed by atoms with van der Waals surface area (Å²) in [5, 5.41) is 2.92. The van der Waals surface area contributed by atoms with Crippen LogP contribution in [0.15, 0.2) is 18.3 Å². The minimum absolute atomic E-state index is 0.0871. The molecule has 0 radical (unpaired) electrons. The number of hydrogen-bond donors (Lipinski definition) is 2. The molecule has 2 heterocycles. The molecule has 1 aromatic rings. The predicted octanol–water partition coefficient (Wildman–Crippen LogP) is 1.11. The molecule has 2 fully saturated rings. The standard InChI is InChI=1S/C13H18N4O/c14-13(5-6-13)12(18)16-10-4-3-7-15-11(10)17-8-1-2-9-17/h3-4,7H,1-2,5-6,8-9,14H2,(H,16,18). The van der Waals surface area contributed by atoms with E-state index in [0.29, 0.717) is 0 Å². The molecule has 2 aliphatic rings. The predicted molar refractivity (Wildman–Crippen MR) is 70.5 cm³/mol. The largest absolute Gasteiger partial charge is 0.355 e. The molecular formula is C13H18N4O. The van der Waals surface area contributed by atoms with Gasteiger partial charge in [0, 0.05) is 19.3 Å². The normalized spacial score (nSPS) is 20.8. The zero-order valence-corrected chi connectivity index (χ0v) is 10.4. The highest BCUT2D eigenvalue weighted by atomic mass is 16.2. The molecule has 0 aromatic carbocycles. The van der Waals surface area contributed by atoms with Crippen LogP contribution in [0, 0.1) is 0 Å². The summed E-state index contributed by atoms with van der Waals surface area (Å²) >= 11 is 0. The molecule has 1 saturated carbocycles. The molecule has 5 heteroatoms. The molecule has 18 heavy (non-hydrogen) atoms. The lowest BCUT2D eigenvalue weighted by atomic mass is 10.2. The van der Waals surface area contributed by atoms with Gasteiger partial charge in [0.2, 0.25) is 5.91 Å². The van der Waals surface area contributed by atoms with Crippen LogP contribution in [0.25, 0.3) is 0 Å². The van der Waals surface area contributed by atoms with Crippen LogP contribution in [0.1, 0.15) is 25.7 Å². The molecule has 1 saturated heterocycles. The van der Waals surface area contributed by atoms with E-state index in [4.69, 9.17) is 5.73 Å². The number of nitrogens with zero attached hydrogens (tertiary/aromatic N) is 2. The Bertz CT molecular complexity index is 464. The van der Waals surface area contributed by atoms with Gasteiger partial charge < -0.3 is 16.0 Å². The number of anilines is 2. The highest BCUT2D eigenvalue weighted by molar-refractivity contribution is 6.01. The van der Waals surface area contributed by atoms with Gasteiger partial charge in [-0.15, -0.1) is 0 Å². The quantitative estimate of drug-likeness (QED) is 0.838. The van der Waals surface area contributed by atoms with Gasteiger partial charge in [-0.25, -0.2) is 4.98 Å². The molecule has 3 N–H and O–H groups in total. The van der Waals surface area contributed by atoms with Crippen LogP contribution in [0.5, 0.6) is 0 Å². The van der Waals surface area contributed by atoms with Gasteiger partial charge >= 0.3 is 0 Å². The fraction of sp³-hybridized carbons (Fsp3) is 0.538. The maximum atomic E-state index is 12.0. The van der Waals surface area contributed by atoms with Gasteiger partial charge in [0.25, 0.3) is 0 Å². The molecule has 0 unspecified atom stereocenters. The van der Waals surface area contributed by atoms with Crippen molar-refractivity contribution in [2.75, 3.05) is 23.3 Å². The van der Waals surface area contributed by atoms with Gasteiger partial charge in [0.1, 0.15) is 0 Å². The van der Waals surface area contributed by atoms with Crippen LogP contribution in [0.3, 0.4) is 0 Å². The molecule has 0 atom stereocenters. The SMILES string of the molecule is NC1(C(=O)Nc2cccnc2N2CCCC2)CC1. The average Bonchev–Trinajstić information content (AvgIpc) is 2.93. The second kappa shape index (κ2) is 4.24. The Kier molecular flexibility index (Phi) is 2.70. The lowest BCUT2D eigenvalue weighted by Gasteiger charge is -2.20. The van der Waals surface area contributed by atoms with E-state index in [-0.39, 0.29) is 5.91 Å². The molecule has 1 aliphatic heterocycles. The summed E-state index contributed by atoms with van der Waals surface area (Å²) < 4.78 is 0. The molecule has 3 rings (SSSR count). The topological polar surface area (TPSA) is 71.2 Å². The summed E-state index contributed by atoms with van der Waals surface area (Å²) in [6, 6.07) is 3.73. The minimum atomic E-state index is -0.641. The maximum absolute atomic E-state index is 12.0. The third kappa shape index (κ3) is 2.06. The van der Waals surface area contributed by atoms with E-state index in [9.17, 15) is 4.79 Å². The number of rotatable bonds is 3. The molecular weight excluding hydrogens is 228 g/mol. The van der Waals surface area contributed by atoms with Crippen molar-refractivity contribution in [2.24, 2.45) is 5.73 Å². The number of amides is 1. The van der Waals surface area contributed by atoms with Crippen molar-refractivity contribution in [2.45, 2.75) is 31.2 Å². The lowest BCUT2D eigenvalue weighted by Crippen LogP contribution is -2.38. The summed E-state index contributed by atoms with van der Waals surface area (Å²) in [6.45, 7) is 2.02. The highest BCUT2D eigenvalue weighted by Gasteiger charge is 2.46. The van der Waals surface area contributed by atoms with E-state index in [2.05, 4.69) is 15.2 Å². The summed E-state index contributed by atoms with van der Waals surface area (Å²) in [5.41, 5.74) is 6.03. The third-order valence-electron chi connectivity index (χ3n) is 3.68. The van der Waals surface area contributed by atoms with E-state index in [1.54, 1.807) is 6.20 Å². The Morgan fingerprint density at radius 1 is 1.39 bits per heavy atom. The number of pyridine rings is 1. The summed E-state index contributed by atoms with van der Waals surface area (Å²) in [7, 11) is 0. The van der Waals surface area contributed by atoms with Crippen molar-refractivity contribution >= 4 is 17.4 Å². The van der Waals surface area contributed by atoms with Crippen LogP contribution < -0.4 is 16.0 Å². The molecule has 1 aliphatic carbocycles. The number of aromatic nitrogens is 1. The minimum Gasteiger partial charge on any atom is -0.355 e. The zero-order valence-electron chi connectivity index (χ0n) is 10.4. The summed E-state index contributed by atoms with van der Waals surface area (Å²) in [5.74, 6) is 0.781. The fourth-order valence-electron chi connectivity index (χ4n) is 2.28. The van der Waals surface area contributed by atoms with Gasteiger partial charge in [0.05, 0.1) is 11.2 Å². The van der Waals surface area contributed by atoms with Crippen LogP contribution in [-0.2, 0) is 4.79 Å². The van der Waals surface area contributed by atoms with Crippen molar-refractivity contribution in [3.63, 3.8) is 0 Å². The zero-order chi connectivity index (χ0) is 12.6. The molecule has 1 aromatic heterocycles. The first-order valence-corrected chi connectivity index (χ1v) is 6.49. The first-order chi connectivity index (χ1) is 8.69. The Morgan fingerprint density at radius 3 is 2.78 bits per heavy atom. The molecule has 0 bridgehead atoms. The second-order valence-corrected chi connectivity index (χ2v) is 5.18. The van der Waals surface area contributed by atoms with E-state index in [1.807, 2.05) is 12.1 Å². The third-order valence-corrected chi connectivity index (χ3v) is 3.68. The van der Waals surface area contributed by atoms with Crippen LogP contribution in [-0.4, -0.2) is 29.5 Å². The van der Waals surface area contributed by atoms with E-state index in [1.165, 1.54) is 12.8 Å². The Hall–Kier alpha value is -1.62. The summed E-state index contributed by atoms with van der Waals surface area (Å²) in [6.07, 6.45) is 5.69. The van der Waals surface area contributed by atoms with Crippen LogP contribution in [0.2, 0.25) is 0 Å². The number of hydrogen-bond acceptors (Lipinski definition) is 4. The Balaban J connectivity index is 1.80. The van der Waals surface area contributed by atoms with E-state index < -0.39 is 5.54 Å². The van der Waals surface area contributed by atoms with Crippen molar-refractivity contribution in [1.29, 1.82) is 0 Å². The highest BCUT2D eigenvalue weighted by Crippen LogP contribution is 2.34. The fourth-order valence-corrected chi connectivity index (χ4v) is 2.28. The van der Waals surface area contributed by atoms with Crippen molar-refractivity contribution in [3.8, 4) is 0 Å². The van der Waals surface area contributed by atoms with E-state index >= 15 is 0 Å². The molecule has 5 nitrogen and oxygen atoms in total. The van der Waals surface area contributed by atoms with Gasteiger partial charge in [0.15, 0.2) is 5.82 Å². The van der Waals surface area contributed by atoms with Gasteiger partial charge in [-0.1, -0.05) is 0 Å². The molecule has 0 spiro atoms. The van der Waals surface area contributed by atoms with Gasteiger partial charge in [-0.05, 0) is 37.8 Å². The van der Waals surface area contributed by atoms with Crippen molar-refractivity contribution in [3.05, 3.63) is 18.3 Å². The molecule has 1 amide bonds. The number of nitrogens with one attached hydrogen (secondary N) is 1. The Morgan fingerprint density at radius 2 is 2.11 bits per heavy atom. The maximum Gasteiger partial charge on any atom is 0.244 e. The number of carbonyl (C=O) groups is 1. The smallest absolute Gasteiger partial charge is 0.244 e. The van der Waals surface area contributed by atoms with Gasteiger partial charge in [-0.2, -0.15) is 0 Å². The van der Waals surface area contributed by atoms with Gasteiger partial charge in [-0.3, -0.25) is 4.79 Å². The van der Waals surface area contributed by atoms with Crippen LogP contribution in [0.4, 0.5) is 11.5 Å². The number of carbonyl (C=O) groups excluding carboxylic acids is 1. The summed E-state index contributed by atoms with van der Waals surface area (Å²) in [4.78, 5) is 18.6. The average molecular weight is 246 g/mol.